The van der Waals surface area contributed by atoms with Crippen LogP contribution in [0.15, 0.2) is 6.20 Å². The van der Waals surface area contributed by atoms with Crippen LogP contribution >= 0.6 is 0 Å². The Balaban J connectivity index is 1.42. The van der Waals surface area contributed by atoms with Gasteiger partial charge in [0, 0.05) is 19.1 Å². The summed E-state index contributed by atoms with van der Waals surface area (Å²) in [5, 5.41) is 14.1. The molecule has 4 rings (SSSR count). The lowest BCUT2D eigenvalue weighted by atomic mass is 9.78. The van der Waals surface area contributed by atoms with E-state index in [1.165, 1.54) is 0 Å². The van der Waals surface area contributed by atoms with Crippen LogP contribution in [0.2, 0.25) is 0 Å². The monoisotopic (exact) mass is 475 g/mol. The fraction of sp³-hybridized carbons (Fsp3) is 0.750. The summed E-state index contributed by atoms with van der Waals surface area (Å²) in [6.07, 6.45) is 5.88. The average molecular weight is 476 g/mol. The van der Waals surface area contributed by atoms with E-state index in [4.69, 9.17) is 4.74 Å². The number of imidazole rings is 1. The van der Waals surface area contributed by atoms with Gasteiger partial charge >= 0.3 is 12.1 Å². The molecule has 0 radical (unpaired) electrons. The first kappa shape index (κ1) is 24.5. The van der Waals surface area contributed by atoms with Crippen LogP contribution in [0, 0.1) is 6.92 Å². The Bertz CT molecular complexity index is 938. The highest BCUT2D eigenvalue weighted by molar-refractivity contribution is 5.87. The van der Waals surface area contributed by atoms with Gasteiger partial charge in [0.2, 0.25) is 5.91 Å². The number of alkyl carbamates (subject to hydrolysis) is 1. The van der Waals surface area contributed by atoms with Crippen LogP contribution in [-0.2, 0) is 16.1 Å². The Kier molecular flexibility index (Phi) is 6.63. The molecule has 1 saturated carbocycles. The van der Waals surface area contributed by atoms with Crippen molar-refractivity contribution in [3.63, 3.8) is 0 Å². The van der Waals surface area contributed by atoms with E-state index in [0.29, 0.717) is 51.1 Å². The number of hydrogen-bond donors (Lipinski definition) is 2. The molecule has 1 saturated heterocycles. The Morgan fingerprint density at radius 2 is 1.85 bits per heavy atom. The van der Waals surface area contributed by atoms with Crippen LogP contribution in [-0.4, -0.2) is 78.9 Å². The molecule has 3 heterocycles. The molecule has 10 heteroatoms. The van der Waals surface area contributed by atoms with E-state index in [-0.39, 0.29) is 18.0 Å². The number of ether oxygens (including phenoxy) is 1. The predicted molar refractivity (Wildman–Crippen MR) is 124 cm³/mol. The number of nitrogens with zero attached hydrogens (tertiary/aromatic N) is 4. The fourth-order valence-electron chi connectivity index (χ4n) is 5.40. The van der Waals surface area contributed by atoms with Crippen LogP contribution in [0.1, 0.15) is 77.2 Å². The zero-order valence-electron chi connectivity index (χ0n) is 20.7. The minimum absolute atomic E-state index is 0.0332. The molecule has 188 valence electrons. The number of aryl methyl sites for hydroxylation is 1. The Morgan fingerprint density at radius 3 is 2.44 bits per heavy atom. The third kappa shape index (κ3) is 4.92. The van der Waals surface area contributed by atoms with Crippen molar-refractivity contribution < 1.29 is 24.2 Å². The molecule has 2 N–H and O–H groups in total. The summed E-state index contributed by atoms with van der Waals surface area (Å²) < 4.78 is 7.04. The van der Waals surface area contributed by atoms with Gasteiger partial charge in [0.25, 0.3) is 0 Å². The number of rotatable bonds is 4. The summed E-state index contributed by atoms with van der Waals surface area (Å²) in [7, 11) is 0. The summed E-state index contributed by atoms with van der Waals surface area (Å²) in [5.41, 5.74) is -1.11. The number of carbonyl (C=O) groups is 3. The molecule has 1 unspecified atom stereocenters. The largest absolute Gasteiger partial charge is 0.444 e. The van der Waals surface area contributed by atoms with Gasteiger partial charge in [-0.3, -0.25) is 9.36 Å². The number of nitrogens with one attached hydrogen (secondary N) is 1. The lowest BCUT2D eigenvalue weighted by molar-refractivity contribution is -0.144. The van der Waals surface area contributed by atoms with Crippen LogP contribution in [0.5, 0.6) is 0 Å². The highest BCUT2D eigenvalue weighted by Crippen LogP contribution is 2.33. The fourth-order valence-corrected chi connectivity index (χ4v) is 5.40. The van der Waals surface area contributed by atoms with Crippen molar-refractivity contribution in [2.45, 2.75) is 102 Å². The first-order valence-corrected chi connectivity index (χ1v) is 12.3. The zero-order valence-corrected chi connectivity index (χ0v) is 20.7. The van der Waals surface area contributed by atoms with Gasteiger partial charge < -0.3 is 25.0 Å². The molecule has 1 aromatic heterocycles. The lowest BCUT2D eigenvalue weighted by Gasteiger charge is -2.43. The number of amides is 3. The van der Waals surface area contributed by atoms with Crippen molar-refractivity contribution in [2.24, 2.45) is 0 Å². The molecule has 34 heavy (non-hydrogen) atoms. The molecule has 2 fully saturated rings. The summed E-state index contributed by atoms with van der Waals surface area (Å²) in [6.45, 7) is 8.55. The average Bonchev–Trinajstić information content (AvgIpc) is 3.30. The number of hydrogen-bond acceptors (Lipinski definition) is 6. The number of aliphatic hydroxyl groups is 1. The summed E-state index contributed by atoms with van der Waals surface area (Å²) in [4.78, 5) is 46.8. The maximum absolute atomic E-state index is 13.6. The molecule has 1 aromatic rings. The van der Waals surface area contributed by atoms with Gasteiger partial charge in [0.05, 0.1) is 24.0 Å². The molecule has 0 spiro atoms. The molecule has 3 aliphatic rings. The minimum Gasteiger partial charge on any atom is -0.444 e. The van der Waals surface area contributed by atoms with Crippen molar-refractivity contribution in [1.82, 2.24) is 24.7 Å². The Morgan fingerprint density at radius 1 is 1.21 bits per heavy atom. The van der Waals surface area contributed by atoms with Crippen LogP contribution in [0.25, 0.3) is 0 Å². The first-order valence-electron chi connectivity index (χ1n) is 12.3. The van der Waals surface area contributed by atoms with Crippen molar-refractivity contribution in [1.29, 1.82) is 0 Å². The van der Waals surface area contributed by atoms with Gasteiger partial charge in [-0.05, 0) is 53.4 Å². The van der Waals surface area contributed by atoms with Crippen LogP contribution in [0.4, 0.5) is 9.59 Å². The second kappa shape index (κ2) is 9.20. The minimum atomic E-state index is -1.29. The van der Waals surface area contributed by atoms with E-state index in [9.17, 15) is 19.5 Å². The predicted octanol–water partition coefficient (Wildman–Crippen LogP) is 2.55. The number of carbonyl (C=O) groups excluding carboxylic acids is 3. The molecular formula is C24H37N5O5. The highest BCUT2D eigenvalue weighted by Gasteiger charge is 2.46. The Hall–Kier alpha value is -2.62. The highest BCUT2D eigenvalue weighted by atomic mass is 16.6. The van der Waals surface area contributed by atoms with Crippen molar-refractivity contribution >= 4 is 18.0 Å². The molecule has 0 aromatic carbocycles. The van der Waals surface area contributed by atoms with Gasteiger partial charge in [-0.15, -0.1) is 0 Å². The molecule has 2 aliphatic heterocycles. The van der Waals surface area contributed by atoms with Crippen LogP contribution in [0.3, 0.4) is 0 Å². The van der Waals surface area contributed by atoms with Gasteiger partial charge in [-0.25, -0.2) is 14.6 Å². The Labute approximate surface area is 200 Å². The number of piperidine rings is 1. The second-order valence-electron chi connectivity index (χ2n) is 10.8. The van der Waals surface area contributed by atoms with E-state index in [0.717, 1.165) is 25.0 Å². The third-order valence-corrected chi connectivity index (χ3v) is 7.16. The molecule has 10 nitrogen and oxygen atoms in total. The topological polar surface area (TPSA) is 117 Å². The maximum Gasteiger partial charge on any atom is 0.408 e. The molecule has 0 bridgehead atoms. The normalized spacial score (nSPS) is 21.9. The van der Waals surface area contributed by atoms with Gasteiger partial charge in [0.1, 0.15) is 17.5 Å². The number of likely N-dealkylation sites (tertiary alicyclic amines) is 1. The molecule has 1 aliphatic carbocycles. The molecule has 3 amide bonds. The van der Waals surface area contributed by atoms with Gasteiger partial charge in [-0.1, -0.05) is 19.3 Å². The van der Waals surface area contributed by atoms with Crippen LogP contribution < -0.4 is 5.32 Å². The smallest absolute Gasteiger partial charge is 0.408 e. The summed E-state index contributed by atoms with van der Waals surface area (Å²) >= 11 is 0. The summed E-state index contributed by atoms with van der Waals surface area (Å²) in [6, 6.07) is -1.08. The number of fused-ring (bicyclic) bond motifs is 1. The van der Waals surface area contributed by atoms with E-state index in [1.807, 2.05) is 11.8 Å². The second-order valence-corrected chi connectivity index (χ2v) is 10.8. The summed E-state index contributed by atoms with van der Waals surface area (Å²) in [5.74, 6) is 0.402. The van der Waals surface area contributed by atoms with Gasteiger partial charge in [-0.2, -0.15) is 0 Å². The molecule has 1 atom stereocenters. The van der Waals surface area contributed by atoms with E-state index < -0.39 is 23.3 Å². The molecular weight excluding hydrogens is 438 g/mol. The quantitative estimate of drug-likeness (QED) is 0.691. The standard InChI is InChI=1S/C24H37N5O5/c1-16-25-14-18-15-28(22(32)29(16)18)17-8-12-27(13-9-17)20(30)19(24(33)10-6-5-7-11-24)26-21(31)34-23(2,3)4/h14,17,19,33H,5-13,15H2,1-4H3,(H,26,31). The first-order chi connectivity index (χ1) is 16.0. The lowest BCUT2D eigenvalue weighted by Crippen LogP contribution is -2.63. The van der Waals surface area contributed by atoms with E-state index >= 15 is 0 Å². The van der Waals surface area contributed by atoms with Gasteiger partial charge in [0.15, 0.2) is 0 Å². The van der Waals surface area contributed by atoms with E-state index in [2.05, 4.69) is 10.3 Å². The van der Waals surface area contributed by atoms with Crippen molar-refractivity contribution in [2.75, 3.05) is 13.1 Å². The van der Waals surface area contributed by atoms with E-state index in [1.54, 1.807) is 36.4 Å². The number of aromatic nitrogens is 2. The SMILES string of the molecule is Cc1ncc2n1C(=O)N(C1CCN(C(=O)C(NC(=O)OC(C)(C)C)C3(O)CCCCC3)CC1)C2. The van der Waals surface area contributed by atoms with Crippen molar-refractivity contribution in [3.8, 4) is 0 Å². The third-order valence-electron chi connectivity index (χ3n) is 7.16. The van der Waals surface area contributed by atoms with Crippen molar-refractivity contribution in [3.05, 3.63) is 17.7 Å². The maximum atomic E-state index is 13.6. The zero-order chi connectivity index (χ0) is 24.7.